The Morgan fingerprint density at radius 1 is 1.47 bits per heavy atom. The zero-order valence-electron chi connectivity index (χ0n) is 9.36. The smallest absolute Gasteiger partial charge is 0.224 e. The summed E-state index contributed by atoms with van der Waals surface area (Å²) in [5.41, 5.74) is 0. The summed E-state index contributed by atoms with van der Waals surface area (Å²) < 4.78 is 24.3. The molecule has 1 amide bonds. The minimum atomic E-state index is -3.20. The first-order valence-electron chi connectivity index (χ1n) is 5.06. The van der Waals surface area contributed by atoms with Gasteiger partial charge in [-0.25, -0.2) is 8.42 Å². The molecule has 0 aliphatic carbocycles. The summed E-state index contributed by atoms with van der Waals surface area (Å²) in [6.45, 7) is 2.31. The second-order valence-corrected chi connectivity index (χ2v) is 5.91. The molecule has 1 aliphatic heterocycles. The molecular formula is C9H18N2O3S. The van der Waals surface area contributed by atoms with Crippen LogP contribution in [-0.2, 0) is 14.8 Å². The molecule has 1 N–H and O–H groups in total. The minimum absolute atomic E-state index is 0.0733. The number of nitrogens with zero attached hydrogens (tertiary/aromatic N) is 1. The first kappa shape index (κ1) is 12.4. The number of carbonyl (C=O) groups is 1. The summed E-state index contributed by atoms with van der Waals surface area (Å²) >= 11 is 0. The second kappa shape index (κ2) is 4.49. The fourth-order valence-electron chi connectivity index (χ4n) is 2.12. The molecule has 0 radical (unpaired) electrons. The van der Waals surface area contributed by atoms with E-state index in [0.29, 0.717) is 6.54 Å². The van der Waals surface area contributed by atoms with Crippen LogP contribution in [0.3, 0.4) is 0 Å². The van der Waals surface area contributed by atoms with E-state index in [1.165, 1.54) is 10.6 Å². The number of hydrogen-bond donors (Lipinski definition) is 1. The van der Waals surface area contributed by atoms with Crippen molar-refractivity contribution in [2.24, 2.45) is 5.92 Å². The van der Waals surface area contributed by atoms with E-state index in [2.05, 4.69) is 5.32 Å². The Bertz CT molecular complexity index is 339. The molecule has 1 saturated heterocycles. The van der Waals surface area contributed by atoms with E-state index in [1.54, 1.807) is 14.0 Å². The number of nitrogens with one attached hydrogen (secondary N) is 1. The Balaban J connectivity index is 2.85. The highest BCUT2D eigenvalue weighted by Crippen LogP contribution is 2.25. The molecule has 88 valence electrons. The van der Waals surface area contributed by atoms with Crippen LogP contribution in [0, 0.1) is 5.92 Å². The van der Waals surface area contributed by atoms with Gasteiger partial charge in [-0.3, -0.25) is 4.79 Å². The van der Waals surface area contributed by atoms with Crippen LogP contribution in [0.5, 0.6) is 0 Å². The minimum Gasteiger partial charge on any atom is -0.359 e. The third-order valence-electron chi connectivity index (χ3n) is 2.94. The van der Waals surface area contributed by atoms with Crippen molar-refractivity contribution in [1.29, 1.82) is 0 Å². The van der Waals surface area contributed by atoms with Crippen molar-refractivity contribution in [2.75, 3.05) is 19.8 Å². The first-order valence-corrected chi connectivity index (χ1v) is 6.91. The molecule has 0 saturated carbocycles. The second-order valence-electron chi connectivity index (χ2n) is 3.98. The normalized spacial score (nSPS) is 28.7. The number of piperidine rings is 1. The number of hydrogen-bond acceptors (Lipinski definition) is 3. The van der Waals surface area contributed by atoms with Crippen LogP contribution in [0.1, 0.15) is 19.8 Å². The lowest BCUT2D eigenvalue weighted by Gasteiger charge is -2.36. The molecule has 1 fully saturated rings. The van der Waals surface area contributed by atoms with Gasteiger partial charge in [0.25, 0.3) is 0 Å². The van der Waals surface area contributed by atoms with E-state index in [9.17, 15) is 13.2 Å². The molecule has 0 bridgehead atoms. The monoisotopic (exact) mass is 234 g/mol. The molecule has 5 nitrogen and oxygen atoms in total. The van der Waals surface area contributed by atoms with Crippen LogP contribution >= 0.6 is 0 Å². The van der Waals surface area contributed by atoms with Gasteiger partial charge in [-0.05, 0) is 19.8 Å². The maximum atomic E-state index is 11.5. The standard InChI is InChI=1S/C9H18N2O3S/c1-7-8(9(12)10-2)5-4-6-11(7)15(3,13)14/h7-8H,4-6H2,1-3H3,(H,10,12)/t7-,8-/m0/s1. The van der Waals surface area contributed by atoms with Crippen molar-refractivity contribution in [3.05, 3.63) is 0 Å². The maximum Gasteiger partial charge on any atom is 0.224 e. The van der Waals surface area contributed by atoms with Gasteiger partial charge >= 0.3 is 0 Å². The molecule has 0 aromatic heterocycles. The topological polar surface area (TPSA) is 66.5 Å². The molecule has 0 spiro atoms. The molecule has 0 aromatic rings. The molecule has 1 aliphatic rings. The average Bonchev–Trinajstić information content (AvgIpc) is 2.15. The zero-order valence-corrected chi connectivity index (χ0v) is 10.2. The van der Waals surface area contributed by atoms with Crippen LogP contribution in [0.2, 0.25) is 0 Å². The SMILES string of the molecule is CNC(=O)[C@H]1CCCN(S(C)(=O)=O)[C@H]1C. The first-order chi connectivity index (χ1) is 6.88. The van der Waals surface area contributed by atoms with Gasteiger partial charge in [0, 0.05) is 19.6 Å². The number of amides is 1. The van der Waals surface area contributed by atoms with E-state index >= 15 is 0 Å². The van der Waals surface area contributed by atoms with Gasteiger partial charge in [-0.15, -0.1) is 0 Å². The van der Waals surface area contributed by atoms with Crippen molar-refractivity contribution in [1.82, 2.24) is 9.62 Å². The van der Waals surface area contributed by atoms with Crippen molar-refractivity contribution < 1.29 is 13.2 Å². The van der Waals surface area contributed by atoms with Crippen molar-refractivity contribution in [2.45, 2.75) is 25.8 Å². The van der Waals surface area contributed by atoms with Gasteiger partial charge in [0.1, 0.15) is 0 Å². The summed E-state index contributed by atoms with van der Waals surface area (Å²) in [7, 11) is -1.62. The highest BCUT2D eigenvalue weighted by atomic mass is 32.2. The van der Waals surface area contributed by atoms with Gasteiger partial charge in [-0.2, -0.15) is 4.31 Å². The fraction of sp³-hybridized carbons (Fsp3) is 0.889. The van der Waals surface area contributed by atoms with Crippen LogP contribution in [-0.4, -0.2) is 44.5 Å². The van der Waals surface area contributed by atoms with Crippen molar-refractivity contribution >= 4 is 15.9 Å². The van der Waals surface area contributed by atoms with E-state index < -0.39 is 10.0 Å². The molecule has 1 heterocycles. The Morgan fingerprint density at radius 2 is 2.07 bits per heavy atom. The van der Waals surface area contributed by atoms with Crippen LogP contribution in [0.15, 0.2) is 0 Å². The summed E-state index contributed by atoms with van der Waals surface area (Å²) in [5.74, 6) is -0.297. The Kier molecular flexibility index (Phi) is 3.72. The van der Waals surface area contributed by atoms with Crippen LogP contribution < -0.4 is 5.32 Å². The highest BCUT2D eigenvalue weighted by molar-refractivity contribution is 7.88. The van der Waals surface area contributed by atoms with E-state index in [0.717, 1.165) is 12.8 Å². The molecule has 6 heteroatoms. The predicted molar refractivity (Wildman–Crippen MR) is 57.8 cm³/mol. The quantitative estimate of drug-likeness (QED) is 0.719. The molecule has 15 heavy (non-hydrogen) atoms. The zero-order chi connectivity index (χ0) is 11.6. The molecule has 0 unspecified atom stereocenters. The van der Waals surface area contributed by atoms with Gasteiger partial charge in [0.05, 0.1) is 12.2 Å². The third-order valence-corrected chi connectivity index (χ3v) is 4.31. The number of carbonyl (C=O) groups excluding carboxylic acids is 1. The van der Waals surface area contributed by atoms with Gasteiger partial charge < -0.3 is 5.32 Å². The molecular weight excluding hydrogens is 216 g/mol. The number of rotatable bonds is 2. The van der Waals surface area contributed by atoms with E-state index in [1.807, 2.05) is 0 Å². The van der Waals surface area contributed by atoms with Crippen LogP contribution in [0.25, 0.3) is 0 Å². The third kappa shape index (κ3) is 2.69. The summed E-state index contributed by atoms with van der Waals surface area (Å²) in [6.07, 6.45) is 2.69. The van der Waals surface area contributed by atoms with Crippen molar-refractivity contribution in [3.8, 4) is 0 Å². The largest absolute Gasteiger partial charge is 0.359 e. The van der Waals surface area contributed by atoms with Gasteiger partial charge in [0.2, 0.25) is 15.9 Å². The number of sulfonamides is 1. The average molecular weight is 234 g/mol. The van der Waals surface area contributed by atoms with Crippen molar-refractivity contribution in [3.63, 3.8) is 0 Å². The lowest BCUT2D eigenvalue weighted by molar-refractivity contribution is -0.126. The molecule has 2 atom stereocenters. The Labute approximate surface area is 90.9 Å². The Hall–Kier alpha value is -0.620. The molecule has 0 aromatic carbocycles. The molecule has 1 rings (SSSR count). The van der Waals surface area contributed by atoms with E-state index in [4.69, 9.17) is 0 Å². The lowest BCUT2D eigenvalue weighted by Crippen LogP contribution is -2.50. The van der Waals surface area contributed by atoms with Gasteiger partial charge in [-0.1, -0.05) is 0 Å². The predicted octanol–water partition coefficient (Wildman–Crippen LogP) is -0.207. The lowest BCUT2D eigenvalue weighted by atomic mass is 9.91. The fourth-order valence-corrected chi connectivity index (χ4v) is 3.33. The summed E-state index contributed by atoms with van der Waals surface area (Å²) in [4.78, 5) is 11.5. The summed E-state index contributed by atoms with van der Waals surface area (Å²) in [6, 6.07) is -0.242. The Morgan fingerprint density at radius 3 is 2.53 bits per heavy atom. The van der Waals surface area contributed by atoms with Gasteiger partial charge in [0.15, 0.2) is 0 Å². The highest BCUT2D eigenvalue weighted by Gasteiger charge is 2.36. The van der Waals surface area contributed by atoms with Crippen LogP contribution in [0.4, 0.5) is 0 Å². The van der Waals surface area contributed by atoms with E-state index in [-0.39, 0.29) is 17.9 Å². The maximum absolute atomic E-state index is 11.5. The summed E-state index contributed by atoms with van der Waals surface area (Å²) in [5, 5.41) is 2.58.